The summed E-state index contributed by atoms with van der Waals surface area (Å²) in [6.45, 7) is 2.10. The van der Waals surface area contributed by atoms with Crippen LogP contribution in [-0.4, -0.2) is 4.98 Å². The molecular weight excluding hydrogens is 228 g/mol. The van der Waals surface area contributed by atoms with Crippen LogP contribution in [0.2, 0.25) is 5.02 Å². The number of hydrogen-bond donors (Lipinski definition) is 1. The minimum Gasteiger partial charge on any atom is -0.346 e. The van der Waals surface area contributed by atoms with Crippen molar-refractivity contribution in [2.75, 3.05) is 5.32 Å². The summed E-state index contributed by atoms with van der Waals surface area (Å²) in [5.74, 6) is 0. The number of anilines is 2. The zero-order valence-corrected chi connectivity index (χ0v) is 9.90. The molecule has 2 rings (SSSR count). The summed E-state index contributed by atoms with van der Waals surface area (Å²) in [5, 5.41) is 5.15. The van der Waals surface area contributed by atoms with E-state index in [1.54, 1.807) is 11.3 Å². The first-order valence-corrected chi connectivity index (χ1v) is 6.00. The summed E-state index contributed by atoms with van der Waals surface area (Å²) in [6.07, 6.45) is 0.937. The van der Waals surface area contributed by atoms with E-state index in [-0.39, 0.29) is 0 Å². The first-order valence-electron chi connectivity index (χ1n) is 4.74. The van der Waals surface area contributed by atoms with Crippen LogP contribution in [0.25, 0.3) is 0 Å². The van der Waals surface area contributed by atoms with Gasteiger partial charge in [-0.05, 0) is 24.6 Å². The quantitative estimate of drug-likeness (QED) is 0.871. The molecule has 15 heavy (non-hydrogen) atoms. The molecule has 0 unspecified atom stereocenters. The average molecular weight is 239 g/mol. The van der Waals surface area contributed by atoms with Crippen LogP contribution in [0.15, 0.2) is 29.8 Å². The van der Waals surface area contributed by atoms with Gasteiger partial charge in [-0.15, -0.1) is 11.3 Å². The number of thiazole rings is 1. The van der Waals surface area contributed by atoms with Crippen molar-refractivity contribution in [3.8, 4) is 0 Å². The maximum Gasteiger partial charge on any atom is 0.116 e. The topological polar surface area (TPSA) is 24.9 Å². The number of halogens is 1. The average Bonchev–Trinajstić information content (AvgIpc) is 2.65. The molecule has 0 atom stereocenters. The summed E-state index contributed by atoms with van der Waals surface area (Å²) in [6, 6.07) is 7.68. The van der Waals surface area contributed by atoms with Gasteiger partial charge in [0.25, 0.3) is 0 Å². The Morgan fingerprint density at radius 3 is 3.07 bits per heavy atom. The molecule has 0 radical (unpaired) electrons. The second-order valence-electron chi connectivity index (χ2n) is 3.12. The Bertz CT molecular complexity index is 453. The largest absolute Gasteiger partial charge is 0.346 e. The van der Waals surface area contributed by atoms with E-state index in [1.165, 1.54) is 0 Å². The maximum absolute atomic E-state index is 5.91. The first kappa shape index (κ1) is 10.5. The second-order valence-corrected chi connectivity index (χ2v) is 4.41. The van der Waals surface area contributed by atoms with Crippen molar-refractivity contribution < 1.29 is 0 Å². The van der Waals surface area contributed by atoms with E-state index >= 15 is 0 Å². The van der Waals surface area contributed by atoms with Gasteiger partial charge in [0, 0.05) is 10.7 Å². The molecule has 1 N–H and O–H groups in total. The summed E-state index contributed by atoms with van der Waals surface area (Å²) < 4.78 is 0. The molecular formula is C11H11ClN2S. The van der Waals surface area contributed by atoms with Crippen molar-refractivity contribution >= 4 is 33.6 Å². The van der Waals surface area contributed by atoms with Crippen LogP contribution in [0.4, 0.5) is 10.7 Å². The fourth-order valence-electron chi connectivity index (χ4n) is 1.32. The van der Waals surface area contributed by atoms with Gasteiger partial charge in [-0.25, -0.2) is 4.98 Å². The van der Waals surface area contributed by atoms with Gasteiger partial charge in [0.15, 0.2) is 0 Å². The Morgan fingerprint density at radius 1 is 1.47 bits per heavy atom. The van der Waals surface area contributed by atoms with Gasteiger partial charge in [-0.2, -0.15) is 0 Å². The van der Waals surface area contributed by atoms with Gasteiger partial charge in [0.05, 0.1) is 11.2 Å². The van der Waals surface area contributed by atoms with Crippen LogP contribution in [0.1, 0.15) is 12.6 Å². The smallest absolute Gasteiger partial charge is 0.116 e. The summed E-state index contributed by atoms with van der Waals surface area (Å²) in [5.41, 5.74) is 3.95. The highest BCUT2D eigenvalue weighted by atomic mass is 35.5. The number of nitrogens with one attached hydrogen (secondary N) is 1. The maximum atomic E-state index is 5.91. The molecule has 78 valence electrons. The molecule has 1 heterocycles. The molecule has 2 nitrogen and oxygen atoms in total. The molecule has 0 aliphatic heterocycles. The molecule has 0 bridgehead atoms. The highest BCUT2D eigenvalue weighted by Gasteiger charge is 2.03. The van der Waals surface area contributed by atoms with Gasteiger partial charge in [-0.1, -0.05) is 24.6 Å². The van der Waals surface area contributed by atoms with Crippen molar-refractivity contribution in [2.45, 2.75) is 13.3 Å². The molecule has 0 amide bonds. The molecule has 4 heteroatoms. The number of rotatable bonds is 3. The highest BCUT2D eigenvalue weighted by Crippen LogP contribution is 2.26. The van der Waals surface area contributed by atoms with Crippen LogP contribution >= 0.6 is 22.9 Å². The standard InChI is InChI=1S/C11H11ClN2S/c1-2-10-11(15-7-13-10)14-9-5-3-4-8(12)6-9/h3-7,14H,2H2,1H3. The lowest BCUT2D eigenvalue weighted by atomic mass is 10.3. The third-order valence-corrected chi connectivity index (χ3v) is 3.08. The number of aromatic nitrogens is 1. The molecule has 0 spiro atoms. The number of hydrogen-bond acceptors (Lipinski definition) is 3. The van der Waals surface area contributed by atoms with Gasteiger partial charge < -0.3 is 5.32 Å². The van der Waals surface area contributed by atoms with E-state index in [0.717, 1.165) is 27.8 Å². The Labute approximate surface area is 97.9 Å². The monoisotopic (exact) mass is 238 g/mol. The normalized spacial score (nSPS) is 10.3. The van der Waals surface area contributed by atoms with Crippen LogP contribution in [0.3, 0.4) is 0 Å². The fraction of sp³-hybridized carbons (Fsp3) is 0.182. The lowest BCUT2D eigenvalue weighted by Gasteiger charge is -2.05. The minimum absolute atomic E-state index is 0.738. The number of aryl methyl sites for hydroxylation is 1. The van der Waals surface area contributed by atoms with E-state index < -0.39 is 0 Å². The lowest BCUT2D eigenvalue weighted by molar-refractivity contribution is 1.06. The Balaban J connectivity index is 2.22. The van der Waals surface area contributed by atoms with E-state index in [2.05, 4.69) is 17.2 Å². The fourth-order valence-corrected chi connectivity index (χ4v) is 2.31. The number of nitrogens with zero attached hydrogens (tertiary/aromatic N) is 1. The molecule has 0 fully saturated rings. The van der Waals surface area contributed by atoms with Gasteiger partial charge >= 0.3 is 0 Å². The molecule has 2 aromatic rings. The summed E-state index contributed by atoms with van der Waals surface area (Å²) in [4.78, 5) is 4.28. The van der Waals surface area contributed by atoms with Gasteiger partial charge in [0.2, 0.25) is 0 Å². The van der Waals surface area contributed by atoms with Crippen molar-refractivity contribution in [3.05, 3.63) is 40.5 Å². The molecule has 0 aliphatic carbocycles. The van der Waals surface area contributed by atoms with Crippen LogP contribution in [-0.2, 0) is 6.42 Å². The third kappa shape index (κ3) is 2.49. The van der Waals surface area contributed by atoms with Crippen LogP contribution < -0.4 is 5.32 Å². The molecule has 1 aromatic carbocycles. The van der Waals surface area contributed by atoms with Gasteiger partial charge in [-0.3, -0.25) is 0 Å². The minimum atomic E-state index is 0.738. The SMILES string of the molecule is CCc1ncsc1Nc1cccc(Cl)c1. The van der Waals surface area contributed by atoms with E-state index in [0.29, 0.717) is 0 Å². The third-order valence-electron chi connectivity index (χ3n) is 2.06. The predicted octanol–water partition coefficient (Wildman–Crippen LogP) is 4.10. The van der Waals surface area contributed by atoms with Crippen LogP contribution in [0, 0.1) is 0 Å². The zero-order chi connectivity index (χ0) is 10.7. The number of benzene rings is 1. The van der Waals surface area contributed by atoms with Crippen molar-refractivity contribution in [1.82, 2.24) is 4.98 Å². The van der Waals surface area contributed by atoms with Gasteiger partial charge in [0.1, 0.15) is 5.00 Å². The molecule has 1 aromatic heterocycles. The summed E-state index contributed by atoms with van der Waals surface area (Å²) >= 11 is 7.52. The van der Waals surface area contributed by atoms with Crippen molar-refractivity contribution in [1.29, 1.82) is 0 Å². The van der Waals surface area contributed by atoms with E-state index in [9.17, 15) is 0 Å². The van der Waals surface area contributed by atoms with Crippen molar-refractivity contribution in [2.24, 2.45) is 0 Å². The second kappa shape index (κ2) is 4.64. The Morgan fingerprint density at radius 2 is 2.33 bits per heavy atom. The van der Waals surface area contributed by atoms with Crippen molar-refractivity contribution in [3.63, 3.8) is 0 Å². The highest BCUT2D eigenvalue weighted by molar-refractivity contribution is 7.14. The summed E-state index contributed by atoms with van der Waals surface area (Å²) in [7, 11) is 0. The first-order chi connectivity index (χ1) is 7.29. The zero-order valence-electron chi connectivity index (χ0n) is 8.33. The van der Waals surface area contributed by atoms with E-state index in [1.807, 2.05) is 29.8 Å². The molecule has 0 saturated carbocycles. The predicted molar refractivity (Wildman–Crippen MR) is 66.2 cm³/mol. The Hall–Kier alpha value is -1.06. The molecule has 0 aliphatic rings. The molecule has 0 saturated heterocycles. The van der Waals surface area contributed by atoms with E-state index in [4.69, 9.17) is 11.6 Å². The Kier molecular flexibility index (Phi) is 3.23. The lowest BCUT2D eigenvalue weighted by Crippen LogP contribution is -1.91. The van der Waals surface area contributed by atoms with Crippen LogP contribution in [0.5, 0.6) is 0 Å².